The number of hydrogen-bond donors (Lipinski definition) is 0. The van der Waals surface area contributed by atoms with Crippen LogP contribution in [-0.4, -0.2) is 19.0 Å². The molecule has 0 aliphatic heterocycles. The second kappa shape index (κ2) is 7.61. The van der Waals surface area contributed by atoms with E-state index in [-0.39, 0.29) is 0 Å². The largest absolute Gasteiger partial charge is 0.381 e. The van der Waals surface area contributed by atoms with E-state index in [1.807, 2.05) is 6.92 Å². The summed E-state index contributed by atoms with van der Waals surface area (Å²) in [4.78, 5) is 11.1. The number of rotatable bonds is 7. The molecule has 0 amide bonds. The molecule has 0 fully saturated rings. The standard InChI is InChI=1S/C14H24O2/c1-3-14(15)9-6-10-16-11-13-8-5-4-7-12(13)2/h4-5,12-13H,3,6-11H2,1-2H3. The van der Waals surface area contributed by atoms with E-state index in [1.165, 1.54) is 6.42 Å². The van der Waals surface area contributed by atoms with Crippen LogP contribution in [0.15, 0.2) is 12.2 Å². The first kappa shape index (κ1) is 13.4. The Balaban J connectivity index is 2.02. The molecule has 92 valence electrons. The highest BCUT2D eigenvalue weighted by Crippen LogP contribution is 2.24. The fourth-order valence-electron chi connectivity index (χ4n) is 2.02. The first-order chi connectivity index (χ1) is 7.74. The molecule has 0 spiro atoms. The van der Waals surface area contributed by atoms with Crippen molar-refractivity contribution in [3.8, 4) is 0 Å². The molecule has 2 nitrogen and oxygen atoms in total. The summed E-state index contributed by atoms with van der Waals surface area (Å²) in [6, 6.07) is 0. The van der Waals surface area contributed by atoms with Crippen LogP contribution in [-0.2, 0) is 9.53 Å². The van der Waals surface area contributed by atoms with E-state index in [0.717, 1.165) is 32.0 Å². The maximum absolute atomic E-state index is 11.1. The van der Waals surface area contributed by atoms with Crippen LogP contribution in [0.2, 0.25) is 0 Å². The van der Waals surface area contributed by atoms with Crippen molar-refractivity contribution in [3.63, 3.8) is 0 Å². The molecule has 2 unspecified atom stereocenters. The van der Waals surface area contributed by atoms with Crippen LogP contribution in [0.1, 0.15) is 46.0 Å². The van der Waals surface area contributed by atoms with Gasteiger partial charge in [0.25, 0.3) is 0 Å². The number of allylic oxidation sites excluding steroid dienone is 2. The minimum Gasteiger partial charge on any atom is -0.381 e. The summed E-state index contributed by atoms with van der Waals surface area (Å²) >= 11 is 0. The van der Waals surface area contributed by atoms with Gasteiger partial charge in [0.1, 0.15) is 5.78 Å². The van der Waals surface area contributed by atoms with Crippen molar-refractivity contribution in [2.75, 3.05) is 13.2 Å². The lowest BCUT2D eigenvalue weighted by atomic mass is 9.85. The number of Topliss-reactive ketones (excluding diaryl/α,β-unsaturated/α-hetero) is 1. The van der Waals surface area contributed by atoms with Gasteiger partial charge < -0.3 is 4.74 Å². The van der Waals surface area contributed by atoms with Crippen LogP contribution < -0.4 is 0 Å². The quantitative estimate of drug-likeness (QED) is 0.489. The Morgan fingerprint density at radius 1 is 1.38 bits per heavy atom. The number of ether oxygens (including phenoxy) is 1. The van der Waals surface area contributed by atoms with Gasteiger partial charge in [0.2, 0.25) is 0 Å². The minimum absolute atomic E-state index is 0.345. The summed E-state index contributed by atoms with van der Waals surface area (Å²) in [6.45, 7) is 5.79. The Hall–Kier alpha value is -0.630. The fraction of sp³-hybridized carbons (Fsp3) is 0.786. The number of hydrogen-bond acceptors (Lipinski definition) is 2. The molecule has 2 atom stereocenters. The van der Waals surface area contributed by atoms with Crippen LogP contribution in [0.5, 0.6) is 0 Å². The summed E-state index contributed by atoms with van der Waals surface area (Å²) in [7, 11) is 0. The first-order valence-corrected chi connectivity index (χ1v) is 6.48. The van der Waals surface area contributed by atoms with Crippen molar-refractivity contribution in [2.45, 2.75) is 46.0 Å². The number of carbonyl (C=O) groups excluding carboxylic acids is 1. The molecule has 0 bridgehead atoms. The molecule has 1 rings (SSSR count). The van der Waals surface area contributed by atoms with Gasteiger partial charge in [-0.1, -0.05) is 26.0 Å². The van der Waals surface area contributed by atoms with Gasteiger partial charge in [-0.25, -0.2) is 0 Å². The molecular formula is C14H24O2. The van der Waals surface area contributed by atoms with E-state index < -0.39 is 0 Å². The lowest BCUT2D eigenvalue weighted by Gasteiger charge is -2.24. The van der Waals surface area contributed by atoms with Gasteiger partial charge in [-0.05, 0) is 31.1 Å². The van der Waals surface area contributed by atoms with Crippen LogP contribution in [0.4, 0.5) is 0 Å². The molecule has 2 heteroatoms. The van der Waals surface area contributed by atoms with Crippen LogP contribution in [0, 0.1) is 11.8 Å². The third-order valence-corrected chi connectivity index (χ3v) is 3.39. The summed E-state index contributed by atoms with van der Waals surface area (Å²) in [5, 5.41) is 0. The SMILES string of the molecule is CCC(=O)CCCOCC1CC=CCC1C. The monoisotopic (exact) mass is 224 g/mol. The molecule has 0 aromatic carbocycles. The highest BCUT2D eigenvalue weighted by molar-refractivity contribution is 5.77. The molecule has 0 aromatic rings. The molecule has 0 saturated carbocycles. The van der Waals surface area contributed by atoms with Gasteiger partial charge in [-0.15, -0.1) is 0 Å². The van der Waals surface area contributed by atoms with Crippen molar-refractivity contribution in [3.05, 3.63) is 12.2 Å². The van der Waals surface area contributed by atoms with Gasteiger partial charge in [0.05, 0.1) is 0 Å². The maximum atomic E-state index is 11.1. The van der Waals surface area contributed by atoms with Crippen LogP contribution >= 0.6 is 0 Å². The zero-order valence-electron chi connectivity index (χ0n) is 10.6. The van der Waals surface area contributed by atoms with Crippen molar-refractivity contribution < 1.29 is 9.53 Å². The van der Waals surface area contributed by atoms with Crippen LogP contribution in [0.25, 0.3) is 0 Å². The number of ketones is 1. The summed E-state index contributed by atoms with van der Waals surface area (Å²) < 4.78 is 5.65. The molecule has 0 aromatic heterocycles. The van der Waals surface area contributed by atoms with Gasteiger partial charge >= 0.3 is 0 Å². The average Bonchev–Trinajstić information content (AvgIpc) is 2.30. The Morgan fingerprint density at radius 2 is 2.12 bits per heavy atom. The fourth-order valence-corrected chi connectivity index (χ4v) is 2.02. The molecule has 0 N–H and O–H groups in total. The third-order valence-electron chi connectivity index (χ3n) is 3.39. The molecule has 16 heavy (non-hydrogen) atoms. The van der Waals surface area contributed by atoms with E-state index >= 15 is 0 Å². The van der Waals surface area contributed by atoms with Crippen molar-refractivity contribution in [1.82, 2.24) is 0 Å². The van der Waals surface area contributed by atoms with Crippen molar-refractivity contribution in [1.29, 1.82) is 0 Å². The molecule has 1 aliphatic rings. The predicted octanol–water partition coefficient (Wildman–Crippen LogP) is 3.36. The highest BCUT2D eigenvalue weighted by atomic mass is 16.5. The van der Waals surface area contributed by atoms with Crippen molar-refractivity contribution >= 4 is 5.78 Å². The molecule has 0 radical (unpaired) electrons. The van der Waals surface area contributed by atoms with E-state index in [4.69, 9.17) is 4.74 Å². The smallest absolute Gasteiger partial charge is 0.132 e. The van der Waals surface area contributed by atoms with Crippen molar-refractivity contribution in [2.24, 2.45) is 11.8 Å². The Kier molecular flexibility index (Phi) is 6.39. The molecule has 0 heterocycles. The Bertz CT molecular complexity index is 233. The van der Waals surface area contributed by atoms with Crippen LogP contribution in [0.3, 0.4) is 0 Å². The van der Waals surface area contributed by atoms with E-state index in [9.17, 15) is 4.79 Å². The van der Waals surface area contributed by atoms with Gasteiger partial charge in [0, 0.05) is 26.1 Å². The zero-order valence-corrected chi connectivity index (χ0v) is 10.6. The maximum Gasteiger partial charge on any atom is 0.132 e. The van der Waals surface area contributed by atoms with Gasteiger partial charge in [0.15, 0.2) is 0 Å². The first-order valence-electron chi connectivity index (χ1n) is 6.48. The zero-order chi connectivity index (χ0) is 11.8. The second-order valence-electron chi connectivity index (χ2n) is 4.75. The van der Waals surface area contributed by atoms with E-state index in [1.54, 1.807) is 0 Å². The summed E-state index contributed by atoms with van der Waals surface area (Å²) in [6.07, 6.45) is 9.07. The predicted molar refractivity (Wildman–Crippen MR) is 66.4 cm³/mol. The molecular weight excluding hydrogens is 200 g/mol. The number of carbonyl (C=O) groups is 1. The Morgan fingerprint density at radius 3 is 2.81 bits per heavy atom. The third kappa shape index (κ3) is 4.93. The summed E-state index contributed by atoms with van der Waals surface area (Å²) in [5.74, 6) is 1.76. The van der Waals surface area contributed by atoms with E-state index in [0.29, 0.717) is 24.5 Å². The lowest BCUT2D eigenvalue weighted by Crippen LogP contribution is -2.19. The second-order valence-corrected chi connectivity index (χ2v) is 4.75. The molecule has 0 saturated heterocycles. The topological polar surface area (TPSA) is 26.3 Å². The molecule has 1 aliphatic carbocycles. The average molecular weight is 224 g/mol. The Labute approximate surface area is 99.1 Å². The van der Waals surface area contributed by atoms with Gasteiger partial charge in [-0.2, -0.15) is 0 Å². The minimum atomic E-state index is 0.345. The lowest BCUT2D eigenvalue weighted by molar-refractivity contribution is -0.119. The highest BCUT2D eigenvalue weighted by Gasteiger charge is 2.17. The van der Waals surface area contributed by atoms with E-state index in [2.05, 4.69) is 19.1 Å². The van der Waals surface area contributed by atoms with Gasteiger partial charge in [-0.3, -0.25) is 4.79 Å². The normalized spacial score (nSPS) is 24.6. The summed E-state index contributed by atoms with van der Waals surface area (Å²) in [5.41, 5.74) is 0.